The summed E-state index contributed by atoms with van der Waals surface area (Å²) < 4.78 is 56.7. The minimum absolute atomic E-state index is 0.0797. The zero-order valence-corrected chi connectivity index (χ0v) is 27.2. The fraction of sp³-hybridized carbons (Fsp3) is 0.545. The van der Waals surface area contributed by atoms with Crippen LogP contribution in [0.25, 0.3) is 11.3 Å². The second-order valence-electron chi connectivity index (χ2n) is 12.9. The predicted octanol–water partition coefficient (Wildman–Crippen LogP) is 6.38. The molecule has 0 saturated carbocycles. The molecule has 5 rings (SSSR count). The van der Waals surface area contributed by atoms with Gasteiger partial charge in [0.25, 0.3) is 5.85 Å². The van der Waals surface area contributed by atoms with E-state index in [1.54, 1.807) is 11.0 Å². The summed E-state index contributed by atoms with van der Waals surface area (Å²) in [5.41, 5.74) is 1.46. The lowest BCUT2D eigenvalue weighted by Crippen LogP contribution is -2.49. The van der Waals surface area contributed by atoms with Gasteiger partial charge in [0.05, 0.1) is 24.5 Å². The maximum absolute atomic E-state index is 15.3. The molecule has 3 aromatic rings. The van der Waals surface area contributed by atoms with Gasteiger partial charge in [-0.3, -0.25) is 0 Å². The highest BCUT2D eigenvalue weighted by atomic mass is 19.2. The first kappa shape index (κ1) is 32.7. The number of anilines is 3. The van der Waals surface area contributed by atoms with Crippen molar-refractivity contribution in [1.29, 1.82) is 0 Å². The van der Waals surface area contributed by atoms with Gasteiger partial charge < -0.3 is 29.5 Å². The van der Waals surface area contributed by atoms with Crippen LogP contribution in [0.5, 0.6) is 11.6 Å². The van der Waals surface area contributed by atoms with Gasteiger partial charge in [0.15, 0.2) is 17.4 Å². The molecule has 1 N–H and O–H groups in total. The van der Waals surface area contributed by atoms with E-state index < -0.39 is 17.5 Å². The van der Waals surface area contributed by atoms with Crippen LogP contribution in [0.4, 0.5) is 30.6 Å². The van der Waals surface area contributed by atoms with Gasteiger partial charge in [-0.1, -0.05) is 0 Å². The zero-order valence-electron chi connectivity index (χ0n) is 27.2. The number of nitrogens with zero attached hydrogens (tertiary/aromatic N) is 6. The molecule has 1 atom stereocenters. The Morgan fingerprint density at radius 3 is 2.49 bits per heavy atom. The molecule has 4 heterocycles. The van der Waals surface area contributed by atoms with Gasteiger partial charge in [-0.25, -0.2) is 18.7 Å². The topological polar surface area (TPSA) is 78.9 Å². The van der Waals surface area contributed by atoms with Gasteiger partial charge in [0.2, 0.25) is 11.8 Å². The van der Waals surface area contributed by atoms with E-state index in [-0.39, 0.29) is 41.6 Å². The van der Waals surface area contributed by atoms with Crippen molar-refractivity contribution >= 4 is 17.5 Å². The molecule has 2 aromatic heterocycles. The maximum Gasteiger partial charge on any atom is 0.263 e. The van der Waals surface area contributed by atoms with Crippen LogP contribution in [0.3, 0.4) is 0 Å². The standard InChI is InChI=1S/C33H44F3N7O2/c1-20(2)43-19-33(5,36)45-30-25(34)16-23(17-27(30)43)29-26(35)18-37-32(40-29)39-28-9-8-24(31(38-28)44-21(3)4)22-10-12-42(13-11-22)15-14-41(6)7/h8-9,16-18,20-22H,10-15,19H2,1-7H3,(H,37,38,39,40). The summed E-state index contributed by atoms with van der Waals surface area (Å²) in [5.74, 6) is -2.41. The number of piperidine rings is 1. The van der Waals surface area contributed by atoms with Crippen LogP contribution >= 0.6 is 0 Å². The third kappa shape index (κ3) is 7.78. The third-order valence-electron chi connectivity index (χ3n) is 8.11. The first-order valence-corrected chi connectivity index (χ1v) is 15.6. The number of fused-ring (bicyclic) bond motifs is 1. The van der Waals surface area contributed by atoms with E-state index in [0.29, 0.717) is 23.3 Å². The Hall–Kier alpha value is -3.64. The van der Waals surface area contributed by atoms with E-state index in [1.807, 2.05) is 39.8 Å². The van der Waals surface area contributed by atoms with E-state index in [2.05, 4.69) is 39.2 Å². The number of rotatable bonds is 10. The van der Waals surface area contributed by atoms with E-state index in [4.69, 9.17) is 14.5 Å². The number of halogens is 3. The molecule has 1 aromatic carbocycles. The average Bonchev–Trinajstić information content (AvgIpc) is 2.97. The van der Waals surface area contributed by atoms with E-state index in [0.717, 1.165) is 56.8 Å². The molecule has 1 unspecified atom stereocenters. The number of ether oxygens (including phenoxy) is 2. The van der Waals surface area contributed by atoms with Crippen LogP contribution in [0.1, 0.15) is 58.9 Å². The smallest absolute Gasteiger partial charge is 0.263 e. The van der Waals surface area contributed by atoms with Crippen molar-refractivity contribution in [3.05, 3.63) is 47.7 Å². The minimum Gasteiger partial charge on any atom is -0.475 e. The van der Waals surface area contributed by atoms with E-state index in [1.165, 1.54) is 6.92 Å². The van der Waals surface area contributed by atoms with Crippen molar-refractivity contribution in [2.75, 3.05) is 57.0 Å². The minimum atomic E-state index is -2.07. The number of likely N-dealkylation sites (N-methyl/N-ethyl adjacent to an activating group) is 1. The van der Waals surface area contributed by atoms with Gasteiger partial charge in [0, 0.05) is 37.2 Å². The molecule has 1 fully saturated rings. The monoisotopic (exact) mass is 627 g/mol. The molecule has 0 radical (unpaired) electrons. The quantitative estimate of drug-likeness (QED) is 0.276. The van der Waals surface area contributed by atoms with E-state index >= 15 is 8.78 Å². The van der Waals surface area contributed by atoms with Gasteiger partial charge in [-0.15, -0.1) is 0 Å². The van der Waals surface area contributed by atoms with Crippen LogP contribution in [-0.4, -0.2) is 89.6 Å². The molecule has 2 aliphatic rings. The second-order valence-corrected chi connectivity index (χ2v) is 12.9. The molecule has 45 heavy (non-hydrogen) atoms. The number of nitrogens with one attached hydrogen (secondary N) is 1. The van der Waals surface area contributed by atoms with Crippen LogP contribution in [0.2, 0.25) is 0 Å². The molecule has 0 aliphatic carbocycles. The predicted molar refractivity (Wildman–Crippen MR) is 170 cm³/mol. The number of alkyl halides is 1. The molecule has 12 heteroatoms. The molecular formula is C33H44F3N7O2. The fourth-order valence-electron chi connectivity index (χ4n) is 5.83. The highest BCUT2D eigenvalue weighted by Gasteiger charge is 2.39. The highest BCUT2D eigenvalue weighted by Crippen LogP contribution is 2.43. The summed E-state index contributed by atoms with van der Waals surface area (Å²) in [6.07, 6.45) is 2.98. The summed E-state index contributed by atoms with van der Waals surface area (Å²) in [6, 6.07) is 6.38. The molecule has 0 amide bonds. The third-order valence-corrected chi connectivity index (χ3v) is 8.11. The fourth-order valence-corrected chi connectivity index (χ4v) is 5.83. The lowest BCUT2D eigenvalue weighted by molar-refractivity contribution is -0.0475. The summed E-state index contributed by atoms with van der Waals surface area (Å²) in [5, 5.41) is 3.06. The molecule has 0 bridgehead atoms. The molecule has 244 valence electrons. The van der Waals surface area contributed by atoms with Crippen LogP contribution < -0.4 is 19.7 Å². The summed E-state index contributed by atoms with van der Waals surface area (Å²) in [4.78, 5) is 19.6. The van der Waals surface area contributed by atoms with Crippen molar-refractivity contribution < 1.29 is 22.6 Å². The first-order chi connectivity index (χ1) is 21.3. The summed E-state index contributed by atoms with van der Waals surface area (Å²) >= 11 is 0. The van der Waals surface area contributed by atoms with Gasteiger partial charge in [0.1, 0.15) is 11.5 Å². The number of benzene rings is 1. The number of aromatic nitrogens is 3. The molecule has 1 saturated heterocycles. The first-order valence-electron chi connectivity index (χ1n) is 15.6. The van der Waals surface area contributed by atoms with Gasteiger partial charge in [-0.05, 0) is 97.9 Å². The number of pyridine rings is 1. The van der Waals surface area contributed by atoms with Crippen molar-refractivity contribution in [1.82, 2.24) is 24.8 Å². The Kier molecular flexibility index (Phi) is 9.74. The van der Waals surface area contributed by atoms with Crippen molar-refractivity contribution in [2.24, 2.45) is 0 Å². The van der Waals surface area contributed by atoms with Crippen molar-refractivity contribution in [3.63, 3.8) is 0 Å². The Morgan fingerprint density at radius 2 is 1.82 bits per heavy atom. The van der Waals surface area contributed by atoms with Gasteiger partial charge >= 0.3 is 0 Å². The Labute approximate surface area is 263 Å². The molecular weight excluding hydrogens is 583 g/mol. The van der Waals surface area contributed by atoms with Crippen molar-refractivity contribution in [3.8, 4) is 22.9 Å². The average molecular weight is 628 g/mol. The largest absolute Gasteiger partial charge is 0.475 e. The lowest BCUT2D eigenvalue weighted by Gasteiger charge is -2.40. The maximum atomic E-state index is 15.3. The summed E-state index contributed by atoms with van der Waals surface area (Å²) in [7, 11) is 4.18. The van der Waals surface area contributed by atoms with Crippen LogP contribution in [-0.2, 0) is 0 Å². The second kappa shape index (κ2) is 13.4. The van der Waals surface area contributed by atoms with Crippen LogP contribution in [0, 0.1) is 11.6 Å². The molecule has 9 nitrogen and oxygen atoms in total. The Balaban J connectivity index is 1.39. The summed E-state index contributed by atoms with van der Waals surface area (Å²) in [6.45, 7) is 12.9. The van der Waals surface area contributed by atoms with E-state index in [9.17, 15) is 4.39 Å². The Bertz CT molecular complexity index is 1490. The normalized spacial score (nSPS) is 19.3. The zero-order chi connectivity index (χ0) is 32.5. The number of likely N-dealkylation sites (tertiary alicyclic amines) is 1. The molecule has 2 aliphatic heterocycles. The van der Waals surface area contributed by atoms with Gasteiger partial charge in [-0.2, -0.15) is 9.37 Å². The highest BCUT2D eigenvalue weighted by molar-refractivity contribution is 5.73. The number of hydrogen-bond acceptors (Lipinski definition) is 9. The Morgan fingerprint density at radius 1 is 1.09 bits per heavy atom. The SMILES string of the molecule is CC(C)Oc1nc(Nc2ncc(F)c(-c3cc(F)c4c(c3)N(C(C)C)CC(C)(F)O4)n2)ccc1C1CCN(CCN(C)C)CC1. The lowest BCUT2D eigenvalue weighted by atomic mass is 9.90. The van der Waals surface area contributed by atoms with Crippen LogP contribution in [0.15, 0.2) is 30.5 Å². The molecule has 0 spiro atoms. The van der Waals surface area contributed by atoms with Crippen molar-refractivity contribution in [2.45, 2.75) is 71.4 Å². The number of hydrogen-bond donors (Lipinski definition) is 1.